The average molecular weight is 234 g/mol. The zero-order valence-electron chi connectivity index (χ0n) is 9.18. The SMILES string of the molecule is Cc1ncsc1CNc1nccn1C1CC1. The van der Waals surface area contributed by atoms with Crippen LogP contribution >= 0.6 is 11.3 Å². The van der Waals surface area contributed by atoms with Crippen molar-refractivity contribution in [2.24, 2.45) is 0 Å². The quantitative estimate of drug-likeness (QED) is 0.884. The Bertz CT molecular complexity index is 484. The van der Waals surface area contributed by atoms with Crippen LogP contribution in [0.3, 0.4) is 0 Å². The normalized spacial score (nSPS) is 15.3. The number of anilines is 1. The van der Waals surface area contributed by atoms with Crippen LogP contribution in [0.25, 0.3) is 0 Å². The summed E-state index contributed by atoms with van der Waals surface area (Å²) in [6, 6.07) is 0.674. The Morgan fingerprint density at radius 1 is 1.50 bits per heavy atom. The molecule has 4 nitrogen and oxygen atoms in total. The maximum atomic E-state index is 4.34. The summed E-state index contributed by atoms with van der Waals surface area (Å²) in [6.07, 6.45) is 6.48. The zero-order chi connectivity index (χ0) is 11.0. The lowest BCUT2D eigenvalue weighted by molar-refractivity contribution is 0.743. The van der Waals surface area contributed by atoms with Gasteiger partial charge in [0.05, 0.1) is 17.7 Å². The van der Waals surface area contributed by atoms with Gasteiger partial charge in [-0.2, -0.15) is 0 Å². The minimum absolute atomic E-state index is 0.674. The molecule has 0 amide bonds. The van der Waals surface area contributed by atoms with Gasteiger partial charge in [0.25, 0.3) is 0 Å². The van der Waals surface area contributed by atoms with Gasteiger partial charge in [0.1, 0.15) is 0 Å². The van der Waals surface area contributed by atoms with Crippen molar-refractivity contribution in [3.8, 4) is 0 Å². The van der Waals surface area contributed by atoms with Crippen LogP contribution in [0.5, 0.6) is 0 Å². The molecule has 0 spiro atoms. The molecule has 1 aliphatic rings. The highest BCUT2D eigenvalue weighted by Crippen LogP contribution is 2.36. The van der Waals surface area contributed by atoms with Crippen LogP contribution in [-0.4, -0.2) is 14.5 Å². The minimum atomic E-state index is 0.674. The highest BCUT2D eigenvalue weighted by molar-refractivity contribution is 7.09. The fourth-order valence-corrected chi connectivity index (χ4v) is 2.47. The summed E-state index contributed by atoms with van der Waals surface area (Å²) in [6.45, 7) is 2.86. The highest BCUT2D eigenvalue weighted by atomic mass is 32.1. The molecule has 84 valence electrons. The van der Waals surface area contributed by atoms with Gasteiger partial charge in [0.15, 0.2) is 0 Å². The molecule has 5 heteroatoms. The molecule has 1 aliphatic carbocycles. The molecule has 1 fully saturated rings. The second-order valence-corrected chi connectivity index (χ2v) is 5.04. The number of hydrogen-bond donors (Lipinski definition) is 1. The Kier molecular flexibility index (Phi) is 2.40. The van der Waals surface area contributed by atoms with Crippen LogP contribution in [-0.2, 0) is 6.54 Å². The second kappa shape index (κ2) is 3.90. The first kappa shape index (κ1) is 9.84. The molecule has 2 aromatic rings. The summed E-state index contributed by atoms with van der Waals surface area (Å²) in [5.74, 6) is 0.982. The molecule has 0 aliphatic heterocycles. The summed E-state index contributed by atoms with van der Waals surface area (Å²) >= 11 is 1.69. The fourth-order valence-electron chi connectivity index (χ4n) is 1.75. The number of rotatable bonds is 4. The minimum Gasteiger partial charge on any atom is -0.351 e. The number of nitrogens with zero attached hydrogens (tertiary/aromatic N) is 3. The summed E-state index contributed by atoms with van der Waals surface area (Å²) < 4.78 is 2.23. The lowest BCUT2D eigenvalue weighted by Gasteiger charge is -2.07. The van der Waals surface area contributed by atoms with Crippen molar-refractivity contribution in [3.63, 3.8) is 0 Å². The number of hydrogen-bond acceptors (Lipinski definition) is 4. The van der Waals surface area contributed by atoms with Gasteiger partial charge >= 0.3 is 0 Å². The van der Waals surface area contributed by atoms with Gasteiger partial charge in [-0.25, -0.2) is 9.97 Å². The van der Waals surface area contributed by atoms with E-state index in [-0.39, 0.29) is 0 Å². The summed E-state index contributed by atoms with van der Waals surface area (Å²) in [7, 11) is 0. The molecule has 0 atom stereocenters. The molecule has 1 saturated carbocycles. The zero-order valence-corrected chi connectivity index (χ0v) is 10.00. The summed E-state index contributed by atoms with van der Waals surface area (Å²) in [5, 5.41) is 3.38. The standard InChI is InChI=1S/C11H14N4S/c1-8-10(16-7-14-8)6-13-11-12-4-5-15(11)9-2-3-9/h4-5,7,9H,2-3,6H2,1H3,(H,12,13). The van der Waals surface area contributed by atoms with E-state index in [2.05, 4.69) is 26.0 Å². The summed E-state index contributed by atoms with van der Waals surface area (Å²) in [5.41, 5.74) is 3.00. The Morgan fingerprint density at radius 3 is 3.06 bits per heavy atom. The largest absolute Gasteiger partial charge is 0.351 e. The van der Waals surface area contributed by atoms with Crippen LogP contribution in [0.4, 0.5) is 5.95 Å². The van der Waals surface area contributed by atoms with Crippen LogP contribution < -0.4 is 5.32 Å². The molecular weight excluding hydrogens is 220 g/mol. The Morgan fingerprint density at radius 2 is 2.38 bits per heavy atom. The van der Waals surface area contributed by atoms with Crippen molar-refractivity contribution < 1.29 is 0 Å². The third-order valence-electron chi connectivity index (χ3n) is 2.86. The maximum Gasteiger partial charge on any atom is 0.203 e. The average Bonchev–Trinajstić information content (AvgIpc) is 2.88. The number of aryl methyl sites for hydroxylation is 1. The molecule has 0 unspecified atom stereocenters. The monoisotopic (exact) mass is 234 g/mol. The predicted octanol–water partition coefficient (Wildman–Crippen LogP) is 2.60. The van der Waals surface area contributed by atoms with Crippen molar-refractivity contribution >= 4 is 17.3 Å². The first-order chi connectivity index (χ1) is 7.84. The lowest BCUT2D eigenvalue weighted by Crippen LogP contribution is -2.06. The van der Waals surface area contributed by atoms with Gasteiger partial charge in [-0.1, -0.05) is 0 Å². The number of aromatic nitrogens is 3. The van der Waals surface area contributed by atoms with Gasteiger partial charge in [-0.3, -0.25) is 0 Å². The van der Waals surface area contributed by atoms with Crippen LogP contribution in [0, 0.1) is 6.92 Å². The smallest absolute Gasteiger partial charge is 0.203 e. The van der Waals surface area contributed by atoms with Gasteiger partial charge in [0.2, 0.25) is 5.95 Å². The Labute approximate surface area is 98.4 Å². The molecule has 0 radical (unpaired) electrons. The number of thiazole rings is 1. The summed E-state index contributed by atoms with van der Waals surface area (Å²) in [4.78, 5) is 9.86. The molecule has 0 aromatic carbocycles. The third kappa shape index (κ3) is 1.82. The molecule has 0 bridgehead atoms. The van der Waals surface area contributed by atoms with E-state index in [1.165, 1.54) is 17.7 Å². The van der Waals surface area contributed by atoms with Crippen molar-refractivity contribution in [1.82, 2.24) is 14.5 Å². The van der Waals surface area contributed by atoms with E-state index in [1.807, 2.05) is 18.6 Å². The van der Waals surface area contributed by atoms with Crippen molar-refractivity contribution in [3.05, 3.63) is 28.5 Å². The maximum absolute atomic E-state index is 4.34. The molecular formula is C11H14N4S. The second-order valence-electron chi connectivity index (χ2n) is 4.10. The molecule has 0 saturated heterocycles. The van der Waals surface area contributed by atoms with E-state index in [9.17, 15) is 0 Å². The van der Waals surface area contributed by atoms with Crippen LogP contribution in [0.15, 0.2) is 17.9 Å². The molecule has 3 rings (SSSR count). The predicted molar refractivity (Wildman–Crippen MR) is 64.7 cm³/mol. The Balaban J connectivity index is 1.70. The van der Waals surface area contributed by atoms with Gasteiger partial charge in [-0.05, 0) is 19.8 Å². The lowest BCUT2D eigenvalue weighted by atomic mass is 10.4. The van der Waals surface area contributed by atoms with E-state index in [0.717, 1.165) is 18.2 Å². The number of imidazole rings is 1. The third-order valence-corrected chi connectivity index (χ3v) is 3.80. The van der Waals surface area contributed by atoms with E-state index < -0.39 is 0 Å². The van der Waals surface area contributed by atoms with Crippen molar-refractivity contribution in [2.75, 3.05) is 5.32 Å². The molecule has 1 N–H and O–H groups in total. The van der Waals surface area contributed by atoms with E-state index in [1.54, 1.807) is 11.3 Å². The topological polar surface area (TPSA) is 42.7 Å². The molecule has 2 aromatic heterocycles. The van der Waals surface area contributed by atoms with E-state index in [0.29, 0.717) is 6.04 Å². The first-order valence-electron chi connectivity index (χ1n) is 5.50. The molecule has 16 heavy (non-hydrogen) atoms. The van der Waals surface area contributed by atoms with Gasteiger partial charge < -0.3 is 9.88 Å². The van der Waals surface area contributed by atoms with Crippen LogP contribution in [0.1, 0.15) is 29.5 Å². The fraction of sp³-hybridized carbons (Fsp3) is 0.455. The highest BCUT2D eigenvalue weighted by Gasteiger charge is 2.25. The van der Waals surface area contributed by atoms with E-state index >= 15 is 0 Å². The Hall–Kier alpha value is -1.36. The van der Waals surface area contributed by atoms with Crippen LogP contribution in [0.2, 0.25) is 0 Å². The van der Waals surface area contributed by atoms with E-state index in [4.69, 9.17) is 0 Å². The molecule has 2 heterocycles. The number of nitrogens with one attached hydrogen (secondary N) is 1. The van der Waals surface area contributed by atoms with Crippen molar-refractivity contribution in [2.45, 2.75) is 32.4 Å². The van der Waals surface area contributed by atoms with Gasteiger partial charge in [0, 0.05) is 23.3 Å². The van der Waals surface area contributed by atoms with Gasteiger partial charge in [-0.15, -0.1) is 11.3 Å². The van der Waals surface area contributed by atoms with Crippen molar-refractivity contribution in [1.29, 1.82) is 0 Å². The first-order valence-corrected chi connectivity index (χ1v) is 6.38.